The summed E-state index contributed by atoms with van der Waals surface area (Å²) in [5.41, 5.74) is 0.466. The second kappa shape index (κ2) is 5.85. The van der Waals surface area contributed by atoms with Gasteiger partial charge in [0, 0.05) is 6.07 Å². The van der Waals surface area contributed by atoms with Crippen molar-refractivity contribution in [1.82, 2.24) is 0 Å². The van der Waals surface area contributed by atoms with E-state index in [0.717, 1.165) is 0 Å². The van der Waals surface area contributed by atoms with Gasteiger partial charge in [-0.25, -0.2) is 4.79 Å². The molecule has 0 aliphatic heterocycles. The van der Waals surface area contributed by atoms with Gasteiger partial charge in [0.05, 0.1) is 17.9 Å². The van der Waals surface area contributed by atoms with Crippen molar-refractivity contribution in [3.8, 4) is 18.1 Å². The summed E-state index contributed by atoms with van der Waals surface area (Å²) in [4.78, 5) is 24.4. The minimum atomic E-state index is -0.571. The minimum Gasteiger partial charge on any atom is -0.481 e. The molecule has 0 aliphatic carbocycles. The number of hydrogen-bond acceptors (Lipinski definition) is 5. The van der Waals surface area contributed by atoms with Gasteiger partial charge in [0.25, 0.3) is 0 Å². The molecule has 0 N–H and O–H groups in total. The number of para-hydroxylation sites is 1. The first-order valence-electron chi connectivity index (χ1n) is 6.80. The van der Waals surface area contributed by atoms with Crippen LogP contribution in [0.15, 0.2) is 45.6 Å². The molecule has 3 aromatic rings. The third-order valence-corrected chi connectivity index (χ3v) is 3.40. The topological polar surface area (TPSA) is 65.7 Å². The first kappa shape index (κ1) is 14.7. The summed E-state index contributed by atoms with van der Waals surface area (Å²) in [6.45, 7) is 0.108. The van der Waals surface area contributed by atoms with Gasteiger partial charge in [-0.15, -0.1) is 6.42 Å². The van der Waals surface area contributed by atoms with E-state index in [-0.39, 0.29) is 23.2 Å². The molecule has 0 radical (unpaired) electrons. The Morgan fingerprint density at radius 2 is 2.09 bits per heavy atom. The number of rotatable bonds is 3. The first-order chi connectivity index (χ1) is 11.2. The molecule has 0 amide bonds. The van der Waals surface area contributed by atoms with E-state index < -0.39 is 5.97 Å². The second-order valence-corrected chi connectivity index (χ2v) is 4.76. The summed E-state index contributed by atoms with van der Waals surface area (Å²) in [6, 6.07) is 9.59. The summed E-state index contributed by atoms with van der Waals surface area (Å²) in [6.07, 6.45) is 5.16. The van der Waals surface area contributed by atoms with Gasteiger partial charge in [0.1, 0.15) is 23.5 Å². The Hall–Kier alpha value is -3.26. The number of hydrogen-bond donors (Lipinski definition) is 0. The third kappa shape index (κ3) is 2.51. The number of methoxy groups -OCH3 is 1. The van der Waals surface area contributed by atoms with Crippen molar-refractivity contribution in [1.29, 1.82) is 0 Å². The van der Waals surface area contributed by atoms with Crippen LogP contribution in [0, 0.1) is 12.3 Å². The van der Waals surface area contributed by atoms with Crippen LogP contribution in [-0.4, -0.2) is 19.7 Å². The van der Waals surface area contributed by atoms with E-state index in [1.165, 1.54) is 7.11 Å². The van der Waals surface area contributed by atoms with Gasteiger partial charge in [0.15, 0.2) is 5.58 Å². The van der Waals surface area contributed by atoms with Crippen LogP contribution in [0.5, 0.6) is 5.75 Å². The Balaban J connectivity index is 2.31. The molecule has 0 bridgehead atoms. The maximum atomic E-state index is 12.6. The standard InChI is InChI=1S/C18H12O5/c1-3-9-22-11-7-8-12-15(10-11)23-17-13(16(12)19)5-4-6-14(17)18(20)21-2/h1,4-8,10H,9H2,2H3. The smallest absolute Gasteiger partial charge is 0.341 e. The van der Waals surface area contributed by atoms with Gasteiger partial charge < -0.3 is 13.9 Å². The summed E-state index contributed by atoms with van der Waals surface area (Å²) in [7, 11) is 1.27. The average Bonchev–Trinajstić information content (AvgIpc) is 2.59. The van der Waals surface area contributed by atoms with Crippen LogP contribution >= 0.6 is 0 Å². The minimum absolute atomic E-state index is 0.108. The van der Waals surface area contributed by atoms with Gasteiger partial charge >= 0.3 is 5.97 Å². The highest BCUT2D eigenvalue weighted by Gasteiger charge is 2.16. The van der Waals surface area contributed by atoms with Crippen LogP contribution in [0.1, 0.15) is 10.4 Å². The van der Waals surface area contributed by atoms with Gasteiger partial charge in [-0.3, -0.25) is 4.79 Å². The maximum Gasteiger partial charge on any atom is 0.341 e. The number of terminal acetylenes is 1. The van der Waals surface area contributed by atoms with E-state index >= 15 is 0 Å². The van der Waals surface area contributed by atoms with Crippen molar-refractivity contribution in [2.45, 2.75) is 0 Å². The van der Waals surface area contributed by atoms with Crippen LogP contribution in [0.25, 0.3) is 21.9 Å². The largest absolute Gasteiger partial charge is 0.481 e. The lowest BCUT2D eigenvalue weighted by Crippen LogP contribution is -2.07. The predicted octanol–water partition coefficient (Wildman–Crippen LogP) is 2.74. The van der Waals surface area contributed by atoms with Gasteiger partial charge in [-0.1, -0.05) is 12.0 Å². The van der Waals surface area contributed by atoms with Crippen molar-refractivity contribution in [2.75, 3.05) is 13.7 Å². The Morgan fingerprint density at radius 1 is 1.26 bits per heavy atom. The van der Waals surface area contributed by atoms with E-state index in [1.807, 2.05) is 0 Å². The molecule has 23 heavy (non-hydrogen) atoms. The highest BCUT2D eigenvalue weighted by molar-refractivity contribution is 6.03. The molecule has 0 atom stereocenters. The average molecular weight is 308 g/mol. The molecule has 1 aromatic heterocycles. The van der Waals surface area contributed by atoms with Crippen molar-refractivity contribution in [3.05, 3.63) is 52.2 Å². The third-order valence-electron chi connectivity index (χ3n) is 3.40. The zero-order valence-corrected chi connectivity index (χ0v) is 12.3. The number of benzene rings is 2. The van der Waals surface area contributed by atoms with Crippen molar-refractivity contribution >= 4 is 27.9 Å². The maximum absolute atomic E-state index is 12.6. The fraction of sp³-hybridized carbons (Fsp3) is 0.111. The molecule has 0 unspecified atom stereocenters. The van der Waals surface area contributed by atoms with Crippen LogP contribution in [0.2, 0.25) is 0 Å². The molecule has 0 saturated heterocycles. The fourth-order valence-corrected chi connectivity index (χ4v) is 2.34. The summed E-state index contributed by atoms with van der Waals surface area (Å²) in [5, 5.41) is 0.713. The van der Waals surface area contributed by atoms with Gasteiger partial charge in [-0.2, -0.15) is 0 Å². The number of esters is 1. The molecule has 5 heteroatoms. The molecule has 3 rings (SSSR count). The number of fused-ring (bicyclic) bond motifs is 2. The zero-order valence-electron chi connectivity index (χ0n) is 12.3. The molecular formula is C18H12O5. The fourth-order valence-electron chi connectivity index (χ4n) is 2.34. The molecule has 2 aromatic carbocycles. The van der Waals surface area contributed by atoms with E-state index in [2.05, 4.69) is 5.92 Å². The first-order valence-corrected chi connectivity index (χ1v) is 6.80. The Kier molecular flexibility index (Phi) is 3.73. The molecule has 0 spiro atoms. The Bertz CT molecular complexity index is 1010. The number of carbonyl (C=O) groups excluding carboxylic acids is 1. The van der Waals surface area contributed by atoms with Crippen LogP contribution < -0.4 is 10.2 Å². The van der Waals surface area contributed by atoms with Crippen molar-refractivity contribution in [3.63, 3.8) is 0 Å². The zero-order chi connectivity index (χ0) is 16.4. The summed E-state index contributed by atoms with van der Waals surface area (Å²) >= 11 is 0. The van der Waals surface area contributed by atoms with E-state index in [4.69, 9.17) is 20.3 Å². The van der Waals surface area contributed by atoms with E-state index in [1.54, 1.807) is 36.4 Å². The Labute approximate surface area is 131 Å². The van der Waals surface area contributed by atoms with Crippen molar-refractivity contribution < 1.29 is 18.7 Å². The van der Waals surface area contributed by atoms with Gasteiger partial charge in [-0.05, 0) is 24.3 Å². The molecule has 0 aliphatic rings. The quantitative estimate of drug-likeness (QED) is 0.423. The molecular weight excluding hydrogens is 296 g/mol. The lowest BCUT2D eigenvalue weighted by Gasteiger charge is -2.07. The van der Waals surface area contributed by atoms with E-state index in [0.29, 0.717) is 22.1 Å². The molecule has 0 saturated carbocycles. The predicted molar refractivity (Wildman–Crippen MR) is 85.7 cm³/mol. The summed E-state index contributed by atoms with van der Waals surface area (Å²) < 4.78 is 15.8. The molecule has 1 heterocycles. The highest BCUT2D eigenvalue weighted by Crippen LogP contribution is 2.25. The lowest BCUT2D eigenvalue weighted by molar-refractivity contribution is 0.0602. The number of ether oxygens (including phenoxy) is 2. The molecule has 114 valence electrons. The SMILES string of the molecule is C#CCOc1ccc2c(=O)c3cccc(C(=O)OC)c3oc2c1. The summed E-state index contributed by atoms with van der Waals surface area (Å²) in [5.74, 6) is 2.27. The van der Waals surface area contributed by atoms with Crippen LogP contribution in [-0.2, 0) is 4.74 Å². The Morgan fingerprint density at radius 3 is 2.83 bits per heavy atom. The van der Waals surface area contributed by atoms with Crippen molar-refractivity contribution in [2.24, 2.45) is 0 Å². The highest BCUT2D eigenvalue weighted by atomic mass is 16.5. The normalized spacial score (nSPS) is 10.4. The van der Waals surface area contributed by atoms with Crippen LogP contribution in [0.4, 0.5) is 0 Å². The second-order valence-electron chi connectivity index (χ2n) is 4.76. The molecule has 0 fully saturated rings. The van der Waals surface area contributed by atoms with Gasteiger partial charge in [0.2, 0.25) is 5.43 Å². The lowest BCUT2D eigenvalue weighted by atomic mass is 10.1. The van der Waals surface area contributed by atoms with E-state index in [9.17, 15) is 9.59 Å². The number of carbonyl (C=O) groups is 1. The monoisotopic (exact) mass is 308 g/mol. The molecule has 5 nitrogen and oxygen atoms in total. The van der Waals surface area contributed by atoms with Crippen LogP contribution in [0.3, 0.4) is 0 Å².